The molecule has 13 heavy (non-hydrogen) atoms. The maximum absolute atomic E-state index is 11.9. The lowest BCUT2D eigenvalue weighted by Crippen LogP contribution is -2.45. The van der Waals surface area contributed by atoms with Crippen LogP contribution in [0, 0.1) is 11.8 Å². The minimum atomic E-state index is -0.380. The van der Waals surface area contributed by atoms with Crippen LogP contribution in [-0.2, 0) is 4.79 Å². The van der Waals surface area contributed by atoms with Gasteiger partial charge in [-0.05, 0) is 38.5 Å². The van der Waals surface area contributed by atoms with E-state index in [1.165, 1.54) is 12.8 Å². The first-order valence-corrected chi connectivity index (χ1v) is 5.76. The van der Waals surface area contributed by atoms with Gasteiger partial charge in [-0.1, -0.05) is 15.9 Å². The van der Waals surface area contributed by atoms with E-state index in [1.54, 1.807) is 0 Å². The molecule has 2 nitrogen and oxygen atoms in total. The smallest absolute Gasteiger partial charge is 0.238 e. The van der Waals surface area contributed by atoms with Gasteiger partial charge in [0.15, 0.2) is 0 Å². The fourth-order valence-corrected chi connectivity index (χ4v) is 2.39. The summed E-state index contributed by atoms with van der Waals surface area (Å²) in [5.74, 6) is 2.02. The number of fused-ring (bicyclic) bond motifs is 1. The number of rotatable bonds is 1. The maximum Gasteiger partial charge on any atom is 0.238 e. The zero-order chi connectivity index (χ0) is 9.64. The lowest BCUT2D eigenvalue weighted by atomic mass is 10.1. The molecule has 1 heterocycles. The molecule has 2 atom stereocenters. The van der Waals surface area contributed by atoms with E-state index in [9.17, 15) is 4.79 Å². The van der Waals surface area contributed by atoms with Crippen LogP contribution in [0.1, 0.15) is 26.7 Å². The number of carbonyl (C=O) groups excluding carboxylic acids is 1. The van der Waals surface area contributed by atoms with Crippen LogP contribution in [0.15, 0.2) is 0 Å². The summed E-state index contributed by atoms with van der Waals surface area (Å²) in [6.07, 6.45) is 2.58. The summed E-state index contributed by atoms with van der Waals surface area (Å²) in [4.78, 5) is 13.9. The quantitative estimate of drug-likeness (QED) is 0.648. The summed E-state index contributed by atoms with van der Waals surface area (Å²) in [7, 11) is 0. The molecule has 0 spiro atoms. The van der Waals surface area contributed by atoms with Gasteiger partial charge in [-0.2, -0.15) is 0 Å². The van der Waals surface area contributed by atoms with Crippen LogP contribution in [-0.4, -0.2) is 28.2 Å². The Balaban J connectivity index is 1.97. The second-order valence-corrected chi connectivity index (χ2v) is 6.75. The van der Waals surface area contributed by atoms with Gasteiger partial charge >= 0.3 is 0 Å². The molecule has 1 saturated carbocycles. The number of amides is 1. The van der Waals surface area contributed by atoms with Crippen molar-refractivity contribution in [3.63, 3.8) is 0 Å². The fraction of sp³-hybridized carbons (Fsp3) is 0.900. The van der Waals surface area contributed by atoms with Crippen LogP contribution in [0.4, 0.5) is 0 Å². The van der Waals surface area contributed by atoms with Crippen LogP contribution in [0.25, 0.3) is 0 Å². The minimum Gasteiger partial charge on any atom is -0.341 e. The van der Waals surface area contributed by atoms with E-state index in [0.29, 0.717) is 0 Å². The standard InChI is InChI=1S/C10H16BrNO/c1-10(2,11)9(13)12-4-3-7-5-8(7)6-12/h7-8H,3-6H2,1-2H3. The van der Waals surface area contributed by atoms with Crippen LogP contribution in [0.2, 0.25) is 0 Å². The van der Waals surface area contributed by atoms with E-state index in [-0.39, 0.29) is 10.2 Å². The Hall–Kier alpha value is -0.0500. The first kappa shape index (κ1) is 9.50. The predicted octanol–water partition coefficient (Wildman–Crippen LogP) is 2.03. The van der Waals surface area contributed by atoms with Gasteiger partial charge in [0.1, 0.15) is 0 Å². The highest BCUT2D eigenvalue weighted by atomic mass is 79.9. The number of carbonyl (C=O) groups is 1. The average Bonchev–Trinajstić information content (AvgIpc) is 2.78. The van der Waals surface area contributed by atoms with Crippen LogP contribution in [0.5, 0.6) is 0 Å². The van der Waals surface area contributed by atoms with Crippen molar-refractivity contribution >= 4 is 21.8 Å². The molecule has 1 aliphatic carbocycles. The molecular weight excluding hydrogens is 230 g/mol. The second kappa shape index (κ2) is 2.97. The SMILES string of the molecule is CC(C)(Br)C(=O)N1CCC2CC2C1. The molecule has 3 heteroatoms. The number of halogens is 1. The zero-order valence-electron chi connectivity index (χ0n) is 8.22. The van der Waals surface area contributed by atoms with Crippen molar-refractivity contribution in [2.45, 2.75) is 31.0 Å². The average molecular weight is 246 g/mol. The number of hydrogen-bond donors (Lipinski definition) is 0. The summed E-state index contributed by atoms with van der Waals surface area (Å²) >= 11 is 3.42. The van der Waals surface area contributed by atoms with E-state index in [0.717, 1.165) is 24.9 Å². The molecule has 0 aromatic carbocycles. The second-order valence-electron chi connectivity index (χ2n) is 4.77. The van der Waals surface area contributed by atoms with Crippen molar-refractivity contribution in [2.24, 2.45) is 11.8 Å². The Kier molecular flexibility index (Phi) is 2.17. The number of hydrogen-bond acceptors (Lipinski definition) is 1. The monoisotopic (exact) mass is 245 g/mol. The first-order valence-electron chi connectivity index (χ1n) is 4.97. The van der Waals surface area contributed by atoms with Gasteiger partial charge in [-0.15, -0.1) is 0 Å². The molecule has 1 aliphatic heterocycles. The van der Waals surface area contributed by atoms with Gasteiger partial charge < -0.3 is 4.90 Å². The van der Waals surface area contributed by atoms with Gasteiger partial charge in [0.25, 0.3) is 0 Å². The topological polar surface area (TPSA) is 20.3 Å². The highest BCUT2D eigenvalue weighted by Gasteiger charge is 2.44. The lowest BCUT2D eigenvalue weighted by Gasteiger charge is -2.31. The molecule has 0 radical (unpaired) electrons. The number of alkyl halides is 1. The van der Waals surface area contributed by atoms with Gasteiger partial charge in [-0.25, -0.2) is 0 Å². The Morgan fingerprint density at radius 1 is 1.46 bits per heavy atom. The normalized spacial score (nSPS) is 32.7. The third-order valence-corrected chi connectivity index (χ3v) is 3.43. The molecule has 1 saturated heterocycles. The Labute approximate surface area is 87.8 Å². The molecule has 2 unspecified atom stereocenters. The third-order valence-electron chi connectivity index (χ3n) is 3.09. The molecular formula is C10H16BrNO. The third kappa shape index (κ3) is 1.90. The van der Waals surface area contributed by atoms with Crippen LogP contribution < -0.4 is 0 Å². The first-order chi connectivity index (χ1) is 5.98. The van der Waals surface area contributed by atoms with Gasteiger partial charge in [-0.3, -0.25) is 4.79 Å². The molecule has 0 aromatic heterocycles. The summed E-state index contributed by atoms with van der Waals surface area (Å²) < 4.78 is -0.380. The van der Waals surface area contributed by atoms with Crippen LogP contribution >= 0.6 is 15.9 Å². The molecule has 74 valence electrons. The molecule has 2 aliphatic rings. The fourth-order valence-electron chi connectivity index (χ4n) is 2.14. The number of piperidine rings is 1. The maximum atomic E-state index is 11.9. The van der Waals surface area contributed by atoms with E-state index in [1.807, 2.05) is 18.7 Å². The highest BCUT2D eigenvalue weighted by Crippen LogP contribution is 2.45. The Bertz CT molecular complexity index is 234. The van der Waals surface area contributed by atoms with Crippen molar-refractivity contribution in [1.29, 1.82) is 0 Å². The van der Waals surface area contributed by atoms with Crippen molar-refractivity contribution in [1.82, 2.24) is 4.90 Å². The summed E-state index contributed by atoms with van der Waals surface area (Å²) in [6, 6.07) is 0. The molecule has 0 N–H and O–H groups in total. The molecule has 1 amide bonds. The van der Waals surface area contributed by atoms with Crippen molar-refractivity contribution in [2.75, 3.05) is 13.1 Å². The summed E-state index contributed by atoms with van der Waals surface area (Å²) in [5, 5.41) is 0. The molecule has 0 aromatic rings. The molecule has 0 bridgehead atoms. The zero-order valence-corrected chi connectivity index (χ0v) is 9.80. The summed E-state index contributed by atoms with van der Waals surface area (Å²) in [6.45, 7) is 5.82. The van der Waals surface area contributed by atoms with Gasteiger partial charge in [0.2, 0.25) is 5.91 Å². The van der Waals surface area contributed by atoms with Crippen LogP contribution in [0.3, 0.4) is 0 Å². The Morgan fingerprint density at radius 3 is 2.69 bits per heavy atom. The highest BCUT2D eigenvalue weighted by molar-refractivity contribution is 9.10. The van der Waals surface area contributed by atoms with Crippen molar-refractivity contribution in [3.05, 3.63) is 0 Å². The van der Waals surface area contributed by atoms with E-state index >= 15 is 0 Å². The van der Waals surface area contributed by atoms with Gasteiger partial charge in [0.05, 0.1) is 4.32 Å². The predicted molar refractivity (Wildman–Crippen MR) is 55.8 cm³/mol. The summed E-state index contributed by atoms with van der Waals surface area (Å²) in [5.41, 5.74) is 0. The minimum absolute atomic E-state index is 0.248. The molecule has 2 rings (SSSR count). The Morgan fingerprint density at radius 2 is 2.15 bits per heavy atom. The van der Waals surface area contributed by atoms with Crippen molar-refractivity contribution in [3.8, 4) is 0 Å². The van der Waals surface area contributed by atoms with Crippen molar-refractivity contribution < 1.29 is 4.79 Å². The largest absolute Gasteiger partial charge is 0.341 e. The molecule has 2 fully saturated rings. The number of nitrogens with zero attached hydrogens (tertiary/aromatic N) is 1. The van der Waals surface area contributed by atoms with E-state index in [4.69, 9.17) is 0 Å². The van der Waals surface area contributed by atoms with E-state index in [2.05, 4.69) is 15.9 Å². The van der Waals surface area contributed by atoms with E-state index < -0.39 is 0 Å². The lowest BCUT2D eigenvalue weighted by molar-refractivity contribution is -0.133. The van der Waals surface area contributed by atoms with Gasteiger partial charge in [0, 0.05) is 13.1 Å². The number of likely N-dealkylation sites (tertiary alicyclic amines) is 1.